The van der Waals surface area contributed by atoms with Crippen LogP contribution in [0, 0.1) is 5.41 Å². The van der Waals surface area contributed by atoms with Crippen LogP contribution in [0.3, 0.4) is 0 Å². The Kier molecular flexibility index (Phi) is 6.99. The zero-order valence-corrected chi connectivity index (χ0v) is 13.7. The number of hydrogen-bond acceptors (Lipinski definition) is 2. The fourth-order valence-electron chi connectivity index (χ4n) is 3.05. The highest BCUT2D eigenvalue weighted by Gasteiger charge is 2.39. The third-order valence-corrected chi connectivity index (χ3v) is 4.44. The van der Waals surface area contributed by atoms with E-state index in [0.717, 1.165) is 32.1 Å². The zero-order chi connectivity index (χ0) is 15.9. The van der Waals surface area contributed by atoms with Crippen LogP contribution in [0.5, 0.6) is 0 Å². The fourth-order valence-corrected chi connectivity index (χ4v) is 3.05. The van der Waals surface area contributed by atoms with E-state index in [2.05, 4.69) is 5.32 Å². The number of nitrogens with one attached hydrogen (secondary N) is 1. The summed E-state index contributed by atoms with van der Waals surface area (Å²) in [6.45, 7) is 6.94. The van der Waals surface area contributed by atoms with Gasteiger partial charge in [-0.3, -0.25) is 4.79 Å². The lowest BCUT2D eigenvalue weighted by atomic mass is 9.80. The van der Waals surface area contributed by atoms with Gasteiger partial charge >= 0.3 is 12.0 Å². The van der Waals surface area contributed by atoms with E-state index in [9.17, 15) is 14.7 Å². The van der Waals surface area contributed by atoms with E-state index in [1.807, 2.05) is 20.8 Å². The van der Waals surface area contributed by atoms with Crippen LogP contribution in [-0.2, 0) is 4.79 Å². The molecule has 5 nitrogen and oxygen atoms in total. The second kappa shape index (κ2) is 8.25. The minimum atomic E-state index is -0.777. The Morgan fingerprint density at radius 2 is 1.76 bits per heavy atom. The Morgan fingerprint density at radius 3 is 2.19 bits per heavy atom. The van der Waals surface area contributed by atoms with Gasteiger partial charge in [-0.1, -0.05) is 32.6 Å². The summed E-state index contributed by atoms with van der Waals surface area (Å²) in [5.74, 6) is -0.767. The first kappa shape index (κ1) is 17.8. The SMILES string of the molecule is CCCN(C(=O)NCC1(C(=O)O)CCCCCC1)C(C)C. The Labute approximate surface area is 128 Å². The van der Waals surface area contributed by atoms with Crippen molar-refractivity contribution in [2.45, 2.75) is 71.8 Å². The first-order chi connectivity index (χ1) is 9.93. The molecule has 0 unspecified atom stereocenters. The number of carbonyl (C=O) groups is 2. The lowest BCUT2D eigenvalue weighted by Crippen LogP contribution is -2.49. The van der Waals surface area contributed by atoms with Crippen LogP contribution in [0.1, 0.15) is 65.7 Å². The third-order valence-electron chi connectivity index (χ3n) is 4.44. The summed E-state index contributed by atoms with van der Waals surface area (Å²) >= 11 is 0. The molecule has 1 rings (SSSR count). The van der Waals surface area contributed by atoms with Crippen molar-refractivity contribution in [2.75, 3.05) is 13.1 Å². The van der Waals surface area contributed by atoms with Crippen molar-refractivity contribution >= 4 is 12.0 Å². The smallest absolute Gasteiger partial charge is 0.317 e. The third kappa shape index (κ3) is 4.90. The van der Waals surface area contributed by atoms with Crippen LogP contribution >= 0.6 is 0 Å². The highest BCUT2D eigenvalue weighted by Crippen LogP contribution is 2.34. The largest absolute Gasteiger partial charge is 0.481 e. The molecule has 5 heteroatoms. The molecule has 21 heavy (non-hydrogen) atoms. The first-order valence-electron chi connectivity index (χ1n) is 8.21. The summed E-state index contributed by atoms with van der Waals surface area (Å²) < 4.78 is 0. The molecule has 0 bridgehead atoms. The normalized spacial score (nSPS) is 18.1. The van der Waals surface area contributed by atoms with E-state index in [4.69, 9.17) is 0 Å². The predicted octanol–water partition coefficient (Wildman–Crippen LogP) is 3.24. The van der Waals surface area contributed by atoms with Gasteiger partial charge in [-0.2, -0.15) is 0 Å². The molecule has 1 fully saturated rings. The van der Waals surface area contributed by atoms with Gasteiger partial charge in [0.25, 0.3) is 0 Å². The van der Waals surface area contributed by atoms with Crippen molar-refractivity contribution in [1.82, 2.24) is 10.2 Å². The number of rotatable bonds is 6. The number of carbonyl (C=O) groups excluding carboxylic acids is 1. The summed E-state index contributed by atoms with van der Waals surface area (Å²) in [4.78, 5) is 25.8. The number of nitrogens with zero attached hydrogens (tertiary/aromatic N) is 1. The average molecular weight is 298 g/mol. The molecule has 122 valence electrons. The minimum absolute atomic E-state index is 0.125. The van der Waals surface area contributed by atoms with Crippen LogP contribution in [-0.4, -0.2) is 41.1 Å². The van der Waals surface area contributed by atoms with Crippen molar-refractivity contribution in [2.24, 2.45) is 5.41 Å². The Hall–Kier alpha value is -1.26. The number of amides is 2. The summed E-state index contributed by atoms with van der Waals surface area (Å²) in [6.07, 6.45) is 6.29. The van der Waals surface area contributed by atoms with Gasteiger partial charge in [0.15, 0.2) is 0 Å². The molecular weight excluding hydrogens is 268 g/mol. The van der Waals surface area contributed by atoms with E-state index in [1.54, 1.807) is 4.90 Å². The molecule has 0 aromatic rings. The molecule has 0 aromatic carbocycles. The molecule has 0 heterocycles. The molecular formula is C16H30N2O3. The standard InChI is InChI=1S/C16H30N2O3/c1-4-11-18(13(2)3)15(21)17-12-16(14(19)20)9-7-5-6-8-10-16/h13H,4-12H2,1-3H3,(H,17,21)(H,19,20). The summed E-state index contributed by atoms with van der Waals surface area (Å²) in [7, 11) is 0. The molecule has 1 aliphatic carbocycles. The Bertz CT molecular complexity index is 347. The summed E-state index contributed by atoms with van der Waals surface area (Å²) in [6, 6.07) is -0.0171. The molecule has 1 aliphatic rings. The minimum Gasteiger partial charge on any atom is -0.481 e. The number of urea groups is 1. The first-order valence-corrected chi connectivity index (χ1v) is 8.21. The van der Waals surface area contributed by atoms with Gasteiger partial charge in [-0.15, -0.1) is 0 Å². The Balaban J connectivity index is 2.67. The molecule has 1 saturated carbocycles. The van der Waals surface area contributed by atoms with Crippen LogP contribution in [0.4, 0.5) is 4.79 Å². The van der Waals surface area contributed by atoms with Crippen LogP contribution in [0.2, 0.25) is 0 Å². The van der Waals surface area contributed by atoms with Gasteiger partial charge < -0.3 is 15.3 Å². The van der Waals surface area contributed by atoms with Gasteiger partial charge in [0, 0.05) is 19.1 Å². The van der Waals surface area contributed by atoms with E-state index < -0.39 is 11.4 Å². The average Bonchev–Trinajstić information content (AvgIpc) is 2.68. The lowest BCUT2D eigenvalue weighted by Gasteiger charge is -2.31. The van der Waals surface area contributed by atoms with Crippen molar-refractivity contribution in [3.05, 3.63) is 0 Å². The van der Waals surface area contributed by atoms with Crippen LogP contribution in [0.15, 0.2) is 0 Å². The van der Waals surface area contributed by atoms with Crippen molar-refractivity contribution < 1.29 is 14.7 Å². The van der Waals surface area contributed by atoms with Gasteiger partial charge in [-0.05, 0) is 33.1 Å². The molecule has 0 saturated heterocycles. The Morgan fingerprint density at radius 1 is 1.19 bits per heavy atom. The van der Waals surface area contributed by atoms with Gasteiger partial charge in [-0.25, -0.2) is 4.79 Å². The molecule has 0 radical (unpaired) electrons. The maximum absolute atomic E-state index is 12.3. The second-order valence-corrected chi connectivity index (χ2v) is 6.45. The van der Waals surface area contributed by atoms with Gasteiger partial charge in [0.2, 0.25) is 0 Å². The van der Waals surface area contributed by atoms with Gasteiger partial charge in [0.05, 0.1) is 5.41 Å². The van der Waals surface area contributed by atoms with Gasteiger partial charge in [0.1, 0.15) is 0 Å². The molecule has 0 aromatic heterocycles. The molecule has 0 spiro atoms. The fraction of sp³-hybridized carbons (Fsp3) is 0.875. The molecule has 2 N–H and O–H groups in total. The maximum Gasteiger partial charge on any atom is 0.317 e. The van der Waals surface area contributed by atoms with E-state index in [0.29, 0.717) is 19.4 Å². The summed E-state index contributed by atoms with van der Waals surface area (Å²) in [5, 5.41) is 12.5. The van der Waals surface area contributed by atoms with Crippen LogP contribution < -0.4 is 5.32 Å². The van der Waals surface area contributed by atoms with Crippen LogP contribution in [0.25, 0.3) is 0 Å². The van der Waals surface area contributed by atoms with Crippen molar-refractivity contribution in [3.63, 3.8) is 0 Å². The van der Waals surface area contributed by atoms with E-state index in [-0.39, 0.29) is 18.6 Å². The highest BCUT2D eigenvalue weighted by molar-refractivity contribution is 5.78. The number of aliphatic carboxylic acids is 1. The number of carboxylic acid groups (broad SMARTS) is 1. The predicted molar refractivity (Wildman–Crippen MR) is 83.3 cm³/mol. The zero-order valence-electron chi connectivity index (χ0n) is 13.7. The number of hydrogen-bond donors (Lipinski definition) is 2. The van der Waals surface area contributed by atoms with Crippen molar-refractivity contribution in [3.8, 4) is 0 Å². The lowest BCUT2D eigenvalue weighted by molar-refractivity contribution is -0.149. The molecule has 0 atom stereocenters. The molecule has 0 aliphatic heterocycles. The topological polar surface area (TPSA) is 69.6 Å². The quantitative estimate of drug-likeness (QED) is 0.740. The maximum atomic E-state index is 12.3. The van der Waals surface area contributed by atoms with E-state index >= 15 is 0 Å². The van der Waals surface area contributed by atoms with Crippen molar-refractivity contribution in [1.29, 1.82) is 0 Å². The number of carboxylic acids is 1. The monoisotopic (exact) mass is 298 g/mol. The van der Waals surface area contributed by atoms with E-state index in [1.165, 1.54) is 0 Å². The highest BCUT2D eigenvalue weighted by atomic mass is 16.4. The summed E-state index contributed by atoms with van der Waals surface area (Å²) in [5.41, 5.74) is -0.777. The molecule has 2 amide bonds. The second-order valence-electron chi connectivity index (χ2n) is 6.45.